The third-order valence-electron chi connectivity index (χ3n) is 3.34. The lowest BCUT2D eigenvalue weighted by Gasteiger charge is -2.31. The second kappa shape index (κ2) is 7.77. The predicted octanol–water partition coefficient (Wildman–Crippen LogP) is 2.19. The molecule has 120 valence electrons. The summed E-state index contributed by atoms with van der Waals surface area (Å²) in [6, 6.07) is 8.43. The molecule has 0 saturated heterocycles. The highest BCUT2D eigenvalue weighted by molar-refractivity contribution is 5.16. The minimum absolute atomic E-state index is 0.0921. The number of rotatable bonds is 7. The lowest BCUT2D eigenvalue weighted by atomic mass is 10.0. The van der Waals surface area contributed by atoms with E-state index in [1.165, 1.54) is 4.90 Å². The normalized spacial score (nSPS) is 15.5. The van der Waals surface area contributed by atoms with Gasteiger partial charge in [-0.05, 0) is 25.8 Å². The van der Waals surface area contributed by atoms with E-state index in [0.29, 0.717) is 6.42 Å². The van der Waals surface area contributed by atoms with Crippen molar-refractivity contribution in [1.29, 1.82) is 0 Å². The number of hydrogen-bond donors (Lipinski definition) is 2. The highest BCUT2D eigenvalue weighted by Gasteiger charge is 2.33. The Labute approximate surface area is 123 Å². The van der Waals surface area contributed by atoms with Gasteiger partial charge in [0, 0.05) is 18.6 Å². The van der Waals surface area contributed by atoms with Gasteiger partial charge in [-0.1, -0.05) is 30.3 Å². The van der Waals surface area contributed by atoms with E-state index in [1.54, 1.807) is 13.8 Å². The Hall–Kier alpha value is -1.11. The van der Waals surface area contributed by atoms with E-state index in [2.05, 4.69) is 0 Å². The molecule has 0 bridgehead atoms. The van der Waals surface area contributed by atoms with Gasteiger partial charge >= 0.3 is 6.18 Å². The number of aliphatic hydroxyl groups excluding tert-OH is 1. The van der Waals surface area contributed by atoms with Crippen LogP contribution in [0.3, 0.4) is 0 Å². The van der Waals surface area contributed by atoms with Gasteiger partial charge in [0.15, 0.2) is 0 Å². The first-order valence-corrected chi connectivity index (χ1v) is 6.97. The van der Waals surface area contributed by atoms with Crippen LogP contribution in [0.4, 0.5) is 13.2 Å². The molecule has 0 aliphatic carbocycles. The number of nitrogens with zero attached hydrogens (tertiary/aromatic N) is 1. The molecule has 0 aliphatic rings. The third-order valence-corrected chi connectivity index (χ3v) is 3.34. The first kappa shape index (κ1) is 17.9. The van der Waals surface area contributed by atoms with Gasteiger partial charge in [-0.3, -0.25) is 4.90 Å². The zero-order valence-electron chi connectivity index (χ0n) is 12.3. The van der Waals surface area contributed by atoms with Crippen molar-refractivity contribution in [1.82, 2.24) is 4.90 Å². The van der Waals surface area contributed by atoms with Gasteiger partial charge in [0.05, 0.1) is 12.6 Å². The summed E-state index contributed by atoms with van der Waals surface area (Å²) in [5, 5.41) is 10.1. The maximum Gasteiger partial charge on any atom is 0.401 e. The molecule has 2 unspecified atom stereocenters. The molecule has 1 aromatic carbocycles. The Balaban J connectivity index is 2.58. The summed E-state index contributed by atoms with van der Waals surface area (Å²) in [5.41, 5.74) is 6.86. The fourth-order valence-electron chi connectivity index (χ4n) is 2.09. The first-order chi connectivity index (χ1) is 9.69. The van der Waals surface area contributed by atoms with Crippen molar-refractivity contribution in [2.24, 2.45) is 5.73 Å². The molecule has 0 radical (unpaired) electrons. The van der Waals surface area contributed by atoms with Crippen LogP contribution in [0.5, 0.6) is 0 Å². The summed E-state index contributed by atoms with van der Waals surface area (Å²) in [4.78, 5) is 1.19. The van der Waals surface area contributed by atoms with E-state index < -0.39 is 24.9 Å². The van der Waals surface area contributed by atoms with Crippen LogP contribution < -0.4 is 5.73 Å². The van der Waals surface area contributed by atoms with E-state index in [1.807, 2.05) is 30.3 Å². The minimum Gasteiger partial charge on any atom is -0.390 e. The zero-order valence-corrected chi connectivity index (χ0v) is 12.3. The molecule has 0 spiro atoms. The van der Waals surface area contributed by atoms with Crippen LogP contribution in [0, 0.1) is 0 Å². The van der Waals surface area contributed by atoms with Crippen LogP contribution in [0.1, 0.15) is 19.4 Å². The SMILES string of the molecule is CC(C)N(CC(O)C(N)Cc1ccccc1)CC(F)(F)F. The average molecular weight is 304 g/mol. The summed E-state index contributed by atoms with van der Waals surface area (Å²) in [6.07, 6.45) is -4.86. The lowest BCUT2D eigenvalue weighted by Crippen LogP contribution is -2.49. The van der Waals surface area contributed by atoms with Gasteiger partial charge in [0.2, 0.25) is 0 Å². The van der Waals surface area contributed by atoms with Crippen molar-refractivity contribution in [2.75, 3.05) is 13.1 Å². The molecule has 0 amide bonds. The predicted molar refractivity (Wildman–Crippen MR) is 76.9 cm³/mol. The molecule has 0 saturated carbocycles. The van der Waals surface area contributed by atoms with Crippen LogP contribution in [-0.2, 0) is 6.42 Å². The monoisotopic (exact) mass is 304 g/mol. The van der Waals surface area contributed by atoms with Crippen molar-refractivity contribution in [3.63, 3.8) is 0 Å². The fourth-order valence-corrected chi connectivity index (χ4v) is 2.09. The summed E-state index contributed by atoms with van der Waals surface area (Å²) >= 11 is 0. The molecule has 3 nitrogen and oxygen atoms in total. The fraction of sp³-hybridized carbons (Fsp3) is 0.600. The Bertz CT molecular complexity index is 409. The smallest absolute Gasteiger partial charge is 0.390 e. The van der Waals surface area contributed by atoms with Gasteiger partial charge < -0.3 is 10.8 Å². The summed E-state index contributed by atoms with van der Waals surface area (Å²) in [5.74, 6) is 0. The highest BCUT2D eigenvalue weighted by atomic mass is 19.4. The van der Waals surface area contributed by atoms with Crippen molar-refractivity contribution in [3.8, 4) is 0 Å². The molecule has 1 aromatic rings. The number of halogens is 3. The van der Waals surface area contributed by atoms with E-state index in [4.69, 9.17) is 5.73 Å². The maximum absolute atomic E-state index is 12.5. The Morgan fingerprint density at radius 1 is 1.19 bits per heavy atom. The Morgan fingerprint density at radius 2 is 1.76 bits per heavy atom. The van der Waals surface area contributed by atoms with Crippen LogP contribution in [-0.4, -0.2) is 47.5 Å². The molecule has 21 heavy (non-hydrogen) atoms. The van der Waals surface area contributed by atoms with Gasteiger partial charge in [-0.2, -0.15) is 13.2 Å². The molecule has 0 heterocycles. The molecular formula is C15H23F3N2O. The largest absolute Gasteiger partial charge is 0.401 e. The molecule has 0 fully saturated rings. The number of alkyl halides is 3. The van der Waals surface area contributed by atoms with Crippen molar-refractivity contribution in [3.05, 3.63) is 35.9 Å². The van der Waals surface area contributed by atoms with Gasteiger partial charge in [-0.15, -0.1) is 0 Å². The quantitative estimate of drug-likeness (QED) is 0.812. The van der Waals surface area contributed by atoms with Gasteiger partial charge in [0.25, 0.3) is 0 Å². The second-order valence-corrected chi connectivity index (χ2v) is 5.56. The summed E-state index contributed by atoms with van der Waals surface area (Å²) < 4.78 is 37.5. The zero-order chi connectivity index (χ0) is 16.0. The van der Waals surface area contributed by atoms with Crippen molar-refractivity contribution < 1.29 is 18.3 Å². The van der Waals surface area contributed by atoms with Crippen LogP contribution in [0.15, 0.2) is 30.3 Å². The molecule has 1 rings (SSSR count). The van der Waals surface area contributed by atoms with E-state index >= 15 is 0 Å². The number of benzene rings is 1. The first-order valence-electron chi connectivity index (χ1n) is 6.97. The molecule has 6 heteroatoms. The molecule has 0 aliphatic heterocycles. The highest BCUT2D eigenvalue weighted by Crippen LogP contribution is 2.18. The topological polar surface area (TPSA) is 49.5 Å². The average Bonchev–Trinajstić information content (AvgIpc) is 2.37. The van der Waals surface area contributed by atoms with E-state index in [0.717, 1.165) is 5.56 Å². The minimum atomic E-state index is -4.28. The van der Waals surface area contributed by atoms with Crippen molar-refractivity contribution >= 4 is 0 Å². The van der Waals surface area contributed by atoms with E-state index in [-0.39, 0.29) is 12.6 Å². The lowest BCUT2D eigenvalue weighted by molar-refractivity contribution is -0.152. The molecule has 0 aromatic heterocycles. The number of aliphatic hydroxyl groups is 1. The van der Waals surface area contributed by atoms with Gasteiger partial charge in [-0.25, -0.2) is 0 Å². The third kappa shape index (κ3) is 6.93. The molecule has 2 atom stereocenters. The summed E-state index contributed by atoms with van der Waals surface area (Å²) in [7, 11) is 0. The molecule has 3 N–H and O–H groups in total. The number of hydrogen-bond acceptors (Lipinski definition) is 3. The van der Waals surface area contributed by atoms with E-state index in [9.17, 15) is 18.3 Å². The van der Waals surface area contributed by atoms with Crippen LogP contribution in [0.2, 0.25) is 0 Å². The van der Waals surface area contributed by atoms with Crippen LogP contribution in [0.25, 0.3) is 0 Å². The molecular weight excluding hydrogens is 281 g/mol. The Kier molecular flexibility index (Phi) is 6.64. The standard InChI is InChI=1S/C15H23F3N2O/c1-11(2)20(10-15(16,17)18)9-14(21)13(19)8-12-6-4-3-5-7-12/h3-7,11,13-14,21H,8-10,19H2,1-2H3. The summed E-state index contributed by atoms with van der Waals surface area (Å²) in [6.45, 7) is 2.20. The second-order valence-electron chi connectivity index (χ2n) is 5.56. The van der Waals surface area contributed by atoms with Gasteiger partial charge in [0.1, 0.15) is 0 Å². The number of nitrogens with two attached hydrogens (primary N) is 1. The van der Waals surface area contributed by atoms with Crippen LogP contribution >= 0.6 is 0 Å². The van der Waals surface area contributed by atoms with Crippen molar-refractivity contribution in [2.45, 2.75) is 44.6 Å². The maximum atomic E-state index is 12.5. The Morgan fingerprint density at radius 3 is 2.24 bits per heavy atom.